The summed E-state index contributed by atoms with van der Waals surface area (Å²) < 4.78 is 0. The molecule has 0 saturated heterocycles. The van der Waals surface area contributed by atoms with Gasteiger partial charge in [-0.1, -0.05) is 31.9 Å². The summed E-state index contributed by atoms with van der Waals surface area (Å²) in [5, 5.41) is 8.99. The third-order valence-corrected chi connectivity index (χ3v) is 5.57. The van der Waals surface area contributed by atoms with Gasteiger partial charge in [0.05, 0.1) is 6.07 Å². The molecule has 2 rings (SSSR count). The van der Waals surface area contributed by atoms with Crippen molar-refractivity contribution in [3.05, 3.63) is 12.2 Å². The van der Waals surface area contributed by atoms with Gasteiger partial charge in [-0.3, -0.25) is 0 Å². The largest absolute Gasteiger partial charge is 0.198 e. The molecule has 2 saturated carbocycles. The van der Waals surface area contributed by atoms with Gasteiger partial charge in [-0.25, -0.2) is 0 Å². The zero-order chi connectivity index (χ0) is 14.2. The smallest absolute Gasteiger partial charge is 0.0655 e. The van der Waals surface area contributed by atoms with Crippen molar-refractivity contribution in [1.82, 2.24) is 0 Å². The Hall–Kier alpha value is -0.770. The van der Waals surface area contributed by atoms with Crippen molar-refractivity contribution >= 4 is 0 Å². The fourth-order valence-corrected chi connectivity index (χ4v) is 4.14. The van der Waals surface area contributed by atoms with Crippen LogP contribution in [0.5, 0.6) is 0 Å². The minimum Gasteiger partial charge on any atom is -0.198 e. The number of rotatable bonds is 5. The standard InChI is InChI=1S/C19H31N/c1-2-3-4-5-6-16-7-11-18(12-8-16)19-13-9-17(15-20)10-14-19/h5-6,16-19H,2-4,7-14H2,1H3. The van der Waals surface area contributed by atoms with Crippen LogP contribution in [-0.4, -0.2) is 0 Å². The average molecular weight is 273 g/mol. The van der Waals surface area contributed by atoms with E-state index in [9.17, 15) is 0 Å². The molecule has 1 heteroatoms. The normalized spacial score (nSPS) is 35.0. The highest BCUT2D eigenvalue weighted by molar-refractivity contribution is 4.93. The third-order valence-electron chi connectivity index (χ3n) is 5.57. The Bertz CT molecular complexity index is 322. The molecule has 20 heavy (non-hydrogen) atoms. The lowest BCUT2D eigenvalue weighted by molar-refractivity contribution is 0.168. The topological polar surface area (TPSA) is 23.8 Å². The lowest BCUT2D eigenvalue weighted by atomic mass is 9.69. The van der Waals surface area contributed by atoms with Gasteiger partial charge >= 0.3 is 0 Å². The zero-order valence-corrected chi connectivity index (χ0v) is 13.2. The molecule has 2 fully saturated rings. The maximum atomic E-state index is 8.99. The maximum Gasteiger partial charge on any atom is 0.0655 e. The van der Waals surface area contributed by atoms with Crippen LogP contribution in [0.2, 0.25) is 0 Å². The molecule has 0 aromatic heterocycles. The van der Waals surface area contributed by atoms with Crippen LogP contribution in [0.4, 0.5) is 0 Å². The van der Waals surface area contributed by atoms with Gasteiger partial charge < -0.3 is 0 Å². The molecule has 0 spiro atoms. The summed E-state index contributed by atoms with van der Waals surface area (Å²) in [5.74, 6) is 3.13. The van der Waals surface area contributed by atoms with Crippen molar-refractivity contribution in [3.8, 4) is 6.07 Å². The van der Waals surface area contributed by atoms with Gasteiger partial charge in [-0.15, -0.1) is 0 Å². The van der Waals surface area contributed by atoms with Gasteiger partial charge in [-0.05, 0) is 75.5 Å². The second-order valence-corrected chi connectivity index (χ2v) is 6.99. The molecule has 0 N–H and O–H groups in total. The molecule has 2 aliphatic carbocycles. The third kappa shape index (κ3) is 4.65. The average Bonchev–Trinajstić information content (AvgIpc) is 2.52. The van der Waals surface area contributed by atoms with E-state index in [1.165, 1.54) is 57.8 Å². The van der Waals surface area contributed by atoms with E-state index in [2.05, 4.69) is 25.1 Å². The molecule has 0 aliphatic heterocycles. The van der Waals surface area contributed by atoms with Gasteiger partial charge in [0, 0.05) is 5.92 Å². The Labute approximate surface area is 125 Å². The molecular formula is C19H31N. The maximum absolute atomic E-state index is 8.99. The van der Waals surface area contributed by atoms with Crippen molar-refractivity contribution in [2.24, 2.45) is 23.7 Å². The predicted octanol–water partition coefficient (Wildman–Crippen LogP) is 5.87. The summed E-state index contributed by atoms with van der Waals surface area (Å²) in [4.78, 5) is 0. The molecule has 2 aliphatic rings. The van der Waals surface area contributed by atoms with E-state index in [0.717, 1.165) is 30.6 Å². The first-order valence-electron chi connectivity index (χ1n) is 8.89. The molecular weight excluding hydrogens is 242 g/mol. The minimum atomic E-state index is 0.365. The number of nitrogens with zero attached hydrogens (tertiary/aromatic N) is 1. The highest BCUT2D eigenvalue weighted by atomic mass is 14.4. The van der Waals surface area contributed by atoms with Gasteiger partial charge in [0.1, 0.15) is 0 Å². The number of hydrogen-bond acceptors (Lipinski definition) is 1. The van der Waals surface area contributed by atoms with Gasteiger partial charge in [-0.2, -0.15) is 5.26 Å². The highest BCUT2D eigenvalue weighted by Crippen LogP contribution is 2.41. The molecule has 0 radical (unpaired) electrons. The second kappa shape index (κ2) is 8.50. The Balaban J connectivity index is 1.67. The summed E-state index contributed by atoms with van der Waals surface area (Å²) in [7, 11) is 0. The number of unbranched alkanes of at least 4 members (excludes halogenated alkanes) is 2. The van der Waals surface area contributed by atoms with Crippen molar-refractivity contribution in [1.29, 1.82) is 5.26 Å². The fraction of sp³-hybridized carbons (Fsp3) is 0.842. The molecule has 1 nitrogen and oxygen atoms in total. The first-order valence-corrected chi connectivity index (χ1v) is 8.89. The Kier molecular flexibility index (Phi) is 6.64. The van der Waals surface area contributed by atoms with Gasteiger partial charge in [0.25, 0.3) is 0 Å². The summed E-state index contributed by atoms with van der Waals surface area (Å²) in [6.45, 7) is 2.26. The van der Waals surface area contributed by atoms with E-state index >= 15 is 0 Å². The van der Waals surface area contributed by atoms with Gasteiger partial charge in [0.2, 0.25) is 0 Å². The quantitative estimate of drug-likeness (QED) is 0.454. The van der Waals surface area contributed by atoms with Crippen LogP contribution in [0.1, 0.15) is 77.6 Å². The molecule has 0 bridgehead atoms. The van der Waals surface area contributed by atoms with E-state index in [1.54, 1.807) is 0 Å². The van der Waals surface area contributed by atoms with E-state index < -0.39 is 0 Å². The first-order chi connectivity index (χ1) is 9.83. The Morgan fingerprint density at radius 1 is 0.950 bits per heavy atom. The lowest BCUT2D eigenvalue weighted by Gasteiger charge is -2.36. The van der Waals surface area contributed by atoms with E-state index in [1.807, 2.05) is 0 Å². The Morgan fingerprint density at radius 3 is 2.10 bits per heavy atom. The summed E-state index contributed by atoms with van der Waals surface area (Å²) >= 11 is 0. The van der Waals surface area contributed by atoms with E-state index in [0.29, 0.717) is 5.92 Å². The highest BCUT2D eigenvalue weighted by Gasteiger charge is 2.30. The van der Waals surface area contributed by atoms with Crippen LogP contribution in [-0.2, 0) is 0 Å². The summed E-state index contributed by atoms with van der Waals surface area (Å²) in [6.07, 6.45) is 19.5. The summed E-state index contributed by atoms with van der Waals surface area (Å²) in [6, 6.07) is 2.46. The van der Waals surface area contributed by atoms with Crippen LogP contribution in [0, 0.1) is 35.0 Å². The molecule has 0 amide bonds. The van der Waals surface area contributed by atoms with Crippen LogP contribution in [0.15, 0.2) is 12.2 Å². The monoisotopic (exact) mass is 273 g/mol. The van der Waals surface area contributed by atoms with Crippen LogP contribution < -0.4 is 0 Å². The SMILES string of the molecule is CCCCC=CC1CCC(C2CCC(C#N)CC2)CC1. The zero-order valence-electron chi connectivity index (χ0n) is 13.2. The number of allylic oxidation sites excluding steroid dienone is 2. The predicted molar refractivity (Wildman–Crippen MR) is 85.2 cm³/mol. The second-order valence-electron chi connectivity index (χ2n) is 6.99. The summed E-state index contributed by atoms with van der Waals surface area (Å²) in [5.41, 5.74) is 0. The molecule has 0 unspecified atom stereocenters. The molecule has 0 aromatic rings. The van der Waals surface area contributed by atoms with E-state index in [4.69, 9.17) is 5.26 Å². The number of nitriles is 1. The van der Waals surface area contributed by atoms with Crippen LogP contribution in [0.25, 0.3) is 0 Å². The fourth-order valence-electron chi connectivity index (χ4n) is 4.14. The Morgan fingerprint density at radius 2 is 1.55 bits per heavy atom. The molecule has 0 atom stereocenters. The van der Waals surface area contributed by atoms with Crippen LogP contribution >= 0.6 is 0 Å². The first kappa shape index (κ1) is 15.6. The van der Waals surface area contributed by atoms with Gasteiger partial charge in [0.15, 0.2) is 0 Å². The van der Waals surface area contributed by atoms with Crippen molar-refractivity contribution in [2.45, 2.75) is 77.6 Å². The number of hydrogen-bond donors (Lipinski definition) is 0. The lowest BCUT2D eigenvalue weighted by Crippen LogP contribution is -2.25. The minimum absolute atomic E-state index is 0.365. The van der Waals surface area contributed by atoms with Crippen molar-refractivity contribution in [2.75, 3.05) is 0 Å². The molecule has 112 valence electrons. The molecule has 0 heterocycles. The van der Waals surface area contributed by atoms with Crippen molar-refractivity contribution < 1.29 is 0 Å². The molecule has 0 aromatic carbocycles. The van der Waals surface area contributed by atoms with Crippen LogP contribution in [0.3, 0.4) is 0 Å². The van der Waals surface area contributed by atoms with E-state index in [-0.39, 0.29) is 0 Å². The van der Waals surface area contributed by atoms with Crippen molar-refractivity contribution in [3.63, 3.8) is 0 Å².